The number of para-hydroxylation sites is 2. The molecule has 0 unspecified atom stereocenters. The van der Waals surface area contributed by atoms with Gasteiger partial charge in [-0.25, -0.2) is 0 Å². The van der Waals surface area contributed by atoms with Crippen molar-refractivity contribution in [3.8, 4) is 44.5 Å². The van der Waals surface area contributed by atoms with Crippen LogP contribution >= 0.6 is 0 Å². The van der Waals surface area contributed by atoms with Gasteiger partial charge in [-0.2, -0.15) is 0 Å². The summed E-state index contributed by atoms with van der Waals surface area (Å²) in [5, 5.41) is 2.50. The van der Waals surface area contributed by atoms with Crippen LogP contribution in [-0.4, -0.2) is 0 Å². The number of benzene rings is 9. The molecule has 1 aliphatic carbocycles. The fourth-order valence-corrected chi connectivity index (χ4v) is 9.52. The predicted molar refractivity (Wildman–Crippen MR) is 257 cm³/mol. The molecule has 1 aliphatic rings. The number of hydrogen-bond donors (Lipinski definition) is 0. The van der Waals surface area contributed by atoms with Gasteiger partial charge in [-0.15, -0.1) is 0 Å². The minimum absolute atomic E-state index is 0.0654. The second-order valence-corrected chi connectivity index (χ2v) is 16.0. The van der Waals surface area contributed by atoms with E-state index in [4.69, 9.17) is 0 Å². The maximum atomic E-state index is 2.46. The van der Waals surface area contributed by atoms with Crippen molar-refractivity contribution in [1.29, 1.82) is 0 Å². The van der Waals surface area contributed by atoms with Crippen LogP contribution in [0.25, 0.3) is 67.4 Å². The van der Waals surface area contributed by atoms with Gasteiger partial charge in [0.2, 0.25) is 0 Å². The van der Waals surface area contributed by atoms with Crippen molar-refractivity contribution in [3.63, 3.8) is 0 Å². The summed E-state index contributed by atoms with van der Waals surface area (Å²) in [5.41, 5.74) is 18.7. The van der Waals surface area contributed by atoms with Crippen molar-refractivity contribution in [2.24, 2.45) is 0 Å². The molecular weight excluding hydrogens is 723 g/mol. The van der Waals surface area contributed by atoms with E-state index in [1.54, 1.807) is 0 Å². The summed E-state index contributed by atoms with van der Waals surface area (Å²) in [6.45, 7) is 4.71. The van der Waals surface area contributed by atoms with Crippen LogP contribution in [0.3, 0.4) is 0 Å². The highest BCUT2D eigenvalue weighted by atomic mass is 15.1. The fourth-order valence-electron chi connectivity index (χ4n) is 9.52. The average molecular weight is 770 g/mol. The van der Waals surface area contributed by atoms with Gasteiger partial charge in [0.05, 0.1) is 0 Å². The van der Waals surface area contributed by atoms with Gasteiger partial charge in [0.25, 0.3) is 0 Å². The lowest BCUT2D eigenvalue weighted by molar-refractivity contribution is 0.490. The van der Waals surface area contributed by atoms with E-state index in [2.05, 4.69) is 243 Å². The first kappa shape index (κ1) is 37.1. The Morgan fingerprint density at radius 2 is 0.883 bits per heavy atom. The topological polar surface area (TPSA) is 3.24 Å². The third-order valence-corrected chi connectivity index (χ3v) is 12.7. The summed E-state index contributed by atoms with van der Waals surface area (Å²) in [6.07, 6.45) is 6.60. The third kappa shape index (κ3) is 6.73. The average Bonchev–Trinajstić information content (AvgIpc) is 3.60. The van der Waals surface area contributed by atoms with Gasteiger partial charge in [0.15, 0.2) is 0 Å². The molecule has 0 radical (unpaired) electrons. The van der Waals surface area contributed by atoms with E-state index >= 15 is 0 Å². The molecule has 0 fully saturated rings. The van der Waals surface area contributed by atoms with Crippen LogP contribution in [0.2, 0.25) is 0 Å². The normalized spacial score (nSPS) is 12.7. The lowest BCUT2D eigenvalue weighted by Gasteiger charge is -2.32. The van der Waals surface area contributed by atoms with Crippen LogP contribution in [0.5, 0.6) is 0 Å². The van der Waals surface area contributed by atoms with E-state index in [1.807, 2.05) is 0 Å². The van der Waals surface area contributed by atoms with E-state index in [9.17, 15) is 0 Å². The van der Waals surface area contributed by atoms with Crippen LogP contribution in [0.1, 0.15) is 48.9 Å². The SMILES string of the molecule is CCC1(CC)c2cc(/C=C/c3ccc(-c4ccc(-c5ccccc5)cc4-c4ccc5ccccc5c4)cc3)ccc2-c2ccc(N(c3ccccc3)c3ccccc3)cc21. The molecule has 0 aromatic heterocycles. The van der Waals surface area contributed by atoms with E-state index in [0.29, 0.717) is 0 Å². The first-order chi connectivity index (χ1) is 29.6. The van der Waals surface area contributed by atoms with Crippen molar-refractivity contribution >= 4 is 40.0 Å². The molecule has 9 aromatic rings. The standard InChI is InChI=1S/C59H47N/c1-3-59(4-2)57-38-43(28-35-54(57)55-37-34-52(41-58(55)59)60(50-20-10-6-11-21-50)51-22-12-7-13-23-51)25-24-42-26-29-46(30-27-42)53-36-33-48(44-16-8-5-9-17-44)40-56(53)49-32-31-45-18-14-15-19-47(45)39-49/h5-41H,3-4H2,1-2H3/b25-24+. The van der Waals surface area contributed by atoms with Gasteiger partial charge in [-0.05, 0) is 139 Å². The molecule has 9 aromatic carbocycles. The number of anilines is 3. The van der Waals surface area contributed by atoms with Crippen molar-refractivity contribution in [2.45, 2.75) is 32.1 Å². The van der Waals surface area contributed by atoms with E-state index in [-0.39, 0.29) is 5.41 Å². The lowest BCUT2D eigenvalue weighted by atomic mass is 9.73. The smallest absolute Gasteiger partial charge is 0.0465 e. The molecule has 10 rings (SSSR count). The Kier molecular flexibility index (Phi) is 9.79. The Hall–Kier alpha value is -7.22. The van der Waals surface area contributed by atoms with Crippen LogP contribution < -0.4 is 4.90 Å². The van der Waals surface area contributed by atoms with E-state index < -0.39 is 0 Å². The third-order valence-electron chi connectivity index (χ3n) is 12.7. The summed E-state index contributed by atoms with van der Waals surface area (Å²) in [6, 6.07) is 77.7. The number of rotatable bonds is 10. The molecule has 0 N–H and O–H groups in total. The highest BCUT2D eigenvalue weighted by Crippen LogP contribution is 2.54. The molecular formula is C59H47N. The maximum Gasteiger partial charge on any atom is 0.0465 e. The number of hydrogen-bond acceptors (Lipinski definition) is 1. The van der Waals surface area contributed by atoms with Crippen LogP contribution in [0.4, 0.5) is 17.1 Å². The van der Waals surface area contributed by atoms with Gasteiger partial charge in [0, 0.05) is 22.5 Å². The first-order valence-corrected chi connectivity index (χ1v) is 21.3. The Labute approximate surface area is 354 Å². The van der Waals surface area contributed by atoms with Crippen molar-refractivity contribution < 1.29 is 0 Å². The minimum Gasteiger partial charge on any atom is -0.310 e. The second kappa shape index (κ2) is 15.9. The van der Waals surface area contributed by atoms with E-state index in [1.165, 1.54) is 83.2 Å². The van der Waals surface area contributed by atoms with Crippen molar-refractivity contribution in [1.82, 2.24) is 0 Å². The van der Waals surface area contributed by atoms with Gasteiger partial charge < -0.3 is 4.90 Å². The minimum atomic E-state index is -0.0654. The quantitative estimate of drug-likeness (QED) is 0.125. The molecule has 0 atom stereocenters. The van der Waals surface area contributed by atoms with Crippen molar-refractivity contribution in [2.75, 3.05) is 4.90 Å². The molecule has 288 valence electrons. The zero-order valence-electron chi connectivity index (χ0n) is 34.2. The van der Waals surface area contributed by atoms with Gasteiger partial charge in [-0.1, -0.05) is 190 Å². The van der Waals surface area contributed by atoms with Crippen LogP contribution in [0, 0.1) is 0 Å². The highest BCUT2D eigenvalue weighted by molar-refractivity contribution is 5.93. The van der Waals surface area contributed by atoms with Gasteiger partial charge >= 0.3 is 0 Å². The molecule has 0 saturated heterocycles. The maximum absolute atomic E-state index is 2.46. The highest BCUT2D eigenvalue weighted by Gasteiger charge is 2.41. The summed E-state index contributed by atoms with van der Waals surface area (Å²) in [7, 11) is 0. The summed E-state index contributed by atoms with van der Waals surface area (Å²) in [5.74, 6) is 0. The molecule has 0 aliphatic heterocycles. The van der Waals surface area contributed by atoms with Gasteiger partial charge in [0.1, 0.15) is 0 Å². The Morgan fingerprint density at radius 3 is 1.57 bits per heavy atom. The zero-order valence-corrected chi connectivity index (χ0v) is 34.2. The Balaban J connectivity index is 0.962. The molecule has 1 heteroatoms. The first-order valence-electron chi connectivity index (χ1n) is 21.3. The molecule has 0 heterocycles. The second-order valence-electron chi connectivity index (χ2n) is 16.0. The number of nitrogens with zero attached hydrogens (tertiary/aromatic N) is 1. The molecule has 1 nitrogen and oxygen atoms in total. The predicted octanol–water partition coefficient (Wildman–Crippen LogP) is 16.6. The Bertz CT molecular complexity index is 2940. The largest absolute Gasteiger partial charge is 0.310 e. The molecule has 0 spiro atoms. The monoisotopic (exact) mass is 769 g/mol. The summed E-state index contributed by atoms with van der Waals surface area (Å²) >= 11 is 0. The van der Waals surface area contributed by atoms with Crippen LogP contribution in [-0.2, 0) is 5.41 Å². The zero-order chi connectivity index (χ0) is 40.5. The molecule has 0 amide bonds. The number of fused-ring (bicyclic) bond motifs is 4. The lowest BCUT2D eigenvalue weighted by Crippen LogP contribution is -2.23. The molecule has 0 saturated carbocycles. The summed E-state index contributed by atoms with van der Waals surface area (Å²) in [4.78, 5) is 2.38. The molecule has 60 heavy (non-hydrogen) atoms. The fraction of sp³-hybridized carbons (Fsp3) is 0.0847. The van der Waals surface area contributed by atoms with E-state index in [0.717, 1.165) is 24.2 Å². The Morgan fingerprint density at radius 1 is 0.350 bits per heavy atom. The van der Waals surface area contributed by atoms with Crippen molar-refractivity contribution in [3.05, 3.63) is 235 Å². The molecule has 0 bridgehead atoms. The summed E-state index contributed by atoms with van der Waals surface area (Å²) < 4.78 is 0. The van der Waals surface area contributed by atoms with Gasteiger partial charge in [-0.3, -0.25) is 0 Å². The van der Waals surface area contributed by atoms with Crippen LogP contribution in [0.15, 0.2) is 212 Å².